The molecule has 0 atom stereocenters. The molecule has 1 amide bonds. The van der Waals surface area contributed by atoms with Gasteiger partial charge in [0, 0.05) is 19.5 Å². The van der Waals surface area contributed by atoms with Gasteiger partial charge < -0.3 is 10.6 Å². The third-order valence-electron chi connectivity index (χ3n) is 3.79. The van der Waals surface area contributed by atoms with Gasteiger partial charge in [-0.25, -0.2) is 0 Å². The van der Waals surface area contributed by atoms with Crippen molar-refractivity contribution in [3.8, 4) is 0 Å². The zero-order valence-corrected chi connectivity index (χ0v) is 13.1. The van der Waals surface area contributed by atoms with Crippen LogP contribution in [0.15, 0.2) is 30.3 Å². The molecular weight excluding hydrogens is 248 g/mol. The highest BCUT2D eigenvalue weighted by Gasteiger charge is 2.20. The zero-order chi connectivity index (χ0) is 15.0. The number of nitrogens with zero attached hydrogens (tertiary/aromatic N) is 1. The number of carbonyl (C=O) groups excluding carboxylic acids is 1. The van der Waals surface area contributed by atoms with Crippen LogP contribution in [-0.4, -0.2) is 23.9 Å². The first-order valence-electron chi connectivity index (χ1n) is 7.50. The lowest BCUT2D eigenvalue weighted by molar-refractivity contribution is -0.132. The molecule has 1 aromatic carbocycles. The first-order valence-corrected chi connectivity index (χ1v) is 7.50. The summed E-state index contributed by atoms with van der Waals surface area (Å²) in [4.78, 5) is 14.2. The molecule has 0 aliphatic carbocycles. The molecule has 0 aliphatic heterocycles. The van der Waals surface area contributed by atoms with Gasteiger partial charge in [-0.1, -0.05) is 44.2 Å². The Morgan fingerprint density at radius 2 is 1.85 bits per heavy atom. The molecule has 20 heavy (non-hydrogen) atoms. The highest BCUT2D eigenvalue weighted by atomic mass is 16.2. The van der Waals surface area contributed by atoms with E-state index in [0.29, 0.717) is 19.5 Å². The molecule has 1 aromatic rings. The maximum atomic E-state index is 12.3. The Balaban J connectivity index is 2.51. The fourth-order valence-electron chi connectivity index (χ4n) is 2.30. The van der Waals surface area contributed by atoms with Gasteiger partial charge in [0.25, 0.3) is 0 Å². The van der Waals surface area contributed by atoms with Crippen molar-refractivity contribution in [3.63, 3.8) is 0 Å². The Kier molecular flexibility index (Phi) is 6.73. The van der Waals surface area contributed by atoms with Crippen molar-refractivity contribution in [1.29, 1.82) is 0 Å². The summed E-state index contributed by atoms with van der Waals surface area (Å²) in [5, 5.41) is 0. The number of hydrogen-bond donors (Lipinski definition) is 1. The number of amides is 1. The Labute approximate surface area is 123 Å². The normalized spacial score (nSPS) is 11.4. The smallest absolute Gasteiger partial charge is 0.222 e. The van der Waals surface area contributed by atoms with E-state index < -0.39 is 0 Å². The van der Waals surface area contributed by atoms with Crippen LogP contribution in [0.3, 0.4) is 0 Å². The molecule has 0 unspecified atom stereocenters. The second-order valence-corrected chi connectivity index (χ2v) is 6.10. The third-order valence-corrected chi connectivity index (χ3v) is 3.79. The van der Waals surface area contributed by atoms with Gasteiger partial charge in [0.05, 0.1) is 0 Å². The van der Waals surface area contributed by atoms with E-state index in [1.807, 2.05) is 30.0 Å². The molecule has 112 valence electrons. The fraction of sp³-hybridized carbons (Fsp3) is 0.588. The lowest BCUT2D eigenvalue weighted by Gasteiger charge is -2.26. The number of nitrogens with two attached hydrogens (primary N) is 1. The SMILES string of the molecule is CCN(Cc1ccccc1)C(=O)CCC(C)(C)CCN. The van der Waals surface area contributed by atoms with E-state index in [1.54, 1.807) is 0 Å². The minimum atomic E-state index is 0.149. The van der Waals surface area contributed by atoms with Crippen molar-refractivity contribution in [3.05, 3.63) is 35.9 Å². The molecule has 2 N–H and O–H groups in total. The first-order chi connectivity index (χ1) is 9.48. The molecule has 0 heterocycles. The second-order valence-electron chi connectivity index (χ2n) is 6.10. The molecule has 0 bridgehead atoms. The summed E-state index contributed by atoms with van der Waals surface area (Å²) in [6, 6.07) is 10.1. The van der Waals surface area contributed by atoms with Gasteiger partial charge in [0.15, 0.2) is 0 Å². The Morgan fingerprint density at radius 1 is 1.20 bits per heavy atom. The zero-order valence-electron chi connectivity index (χ0n) is 13.1. The van der Waals surface area contributed by atoms with E-state index in [0.717, 1.165) is 19.4 Å². The van der Waals surface area contributed by atoms with E-state index in [-0.39, 0.29) is 11.3 Å². The molecule has 0 aromatic heterocycles. The van der Waals surface area contributed by atoms with E-state index in [2.05, 4.69) is 26.0 Å². The van der Waals surface area contributed by atoms with Crippen LogP contribution in [0.25, 0.3) is 0 Å². The molecule has 0 saturated heterocycles. The first kappa shape index (κ1) is 16.7. The van der Waals surface area contributed by atoms with Gasteiger partial charge in [0.1, 0.15) is 0 Å². The Hall–Kier alpha value is -1.35. The minimum absolute atomic E-state index is 0.149. The van der Waals surface area contributed by atoms with Crippen LogP contribution in [0.4, 0.5) is 0 Å². The molecule has 3 nitrogen and oxygen atoms in total. The summed E-state index contributed by atoms with van der Waals surface area (Å²) in [5.41, 5.74) is 6.95. The molecule has 0 fully saturated rings. The van der Waals surface area contributed by atoms with Gasteiger partial charge in [0.2, 0.25) is 5.91 Å². The van der Waals surface area contributed by atoms with Crippen LogP contribution >= 0.6 is 0 Å². The van der Waals surface area contributed by atoms with Crippen LogP contribution in [0.5, 0.6) is 0 Å². The monoisotopic (exact) mass is 276 g/mol. The van der Waals surface area contributed by atoms with Gasteiger partial charge >= 0.3 is 0 Å². The highest BCUT2D eigenvalue weighted by molar-refractivity contribution is 5.76. The Bertz CT molecular complexity index is 401. The largest absolute Gasteiger partial charge is 0.339 e. The summed E-state index contributed by atoms with van der Waals surface area (Å²) in [5.74, 6) is 0.237. The number of benzene rings is 1. The molecular formula is C17H28N2O. The van der Waals surface area contributed by atoms with Crippen molar-refractivity contribution in [2.24, 2.45) is 11.1 Å². The van der Waals surface area contributed by atoms with Gasteiger partial charge in [-0.2, -0.15) is 0 Å². The van der Waals surface area contributed by atoms with Crippen LogP contribution in [-0.2, 0) is 11.3 Å². The highest BCUT2D eigenvalue weighted by Crippen LogP contribution is 2.26. The van der Waals surface area contributed by atoms with Crippen LogP contribution in [0, 0.1) is 5.41 Å². The average Bonchev–Trinajstić information content (AvgIpc) is 2.43. The molecule has 1 rings (SSSR count). The molecule has 0 saturated carbocycles. The number of hydrogen-bond acceptors (Lipinski definition) is 2. The third kappa shape index (κ3) is 5.74. The van der Waals surface area contributed by atoms with Gasteiger partial charge in [-0.05, 0) is 37.3 Å². The lowest BCUT2D eigenvalue weighted by Crippen LogP contribution is -2.31. The van der Waals surface area contributed by atoms with Crippen molar-refractivity contribution in [1.82, 2.24) is 4.90 Å². The minimum Gasteiger partial charge on any atom is -0.339 e. The maximum Gasteiger partial charge on any atom is 0.222 e. The molecule has 0 aliphatic rings. The summed E-state index contributed by atoms with van der Waals surface area (Å²) < 4.78 is 0. The van der Waals surface area contributed by atoms with E-state index in [9.17, 15) is 4.79 Å². The lowest BCUT2D eigenvalue weighted by atomic mass is 9.84. The van der Waals surface area contributed by atoms with Crippen LogP contribution in [0.1, 0.15) is 45.6 Å². The average molecular weight is 276 g/mol. The van der Waals surface area contributed by atoms with Crippen LogP contribution < -0.4 is 5.73 Å². The standard InChI is InChI=1S/C17H28N2O/c1-4-19(14-15-8-6-5-7-9-15)16(20)10-11-17(2,3)12-13-18/h5-9H,4,10-14,18H2,1-3H3. The number of rotatable bonds is 8. The summed E-state index contributed by atoms with van der Waals surface area (Å²) in [7, 11) is 0. The predicted molar refractivity (Wildman–Crippen MR) is 84.2 cm³/mol. The van der Waals surface area contributed by atoms with Gasteiger partial charge in [-0.15, -0.1) is 0 Å². The number of carbonyl (C=O) groups is 1. The summed E-state index contributed by atoms with van der Waals surface area (Å²) in [6.07, 6.45) is 2.47. The summed E-state index contributed by atoms with van der Waals surface area (Å²) in [6.45, 7) is 8.54. The van der Waals surface area contributed by atoms with Crippen molar-refractivity contribution in [2.75, 3.05) is 13.1 Å². The van der Waals surface area contributed by atoms with Crippen molar-refractivity contribution < 1.29 is 4.79 Å². The summed E-state index contributed by atoms with van der Waals surface area (Å²) >= 11 is 0. The topological polar surface area (TPSA) is 46.3 Å². The van der Waals surface area contributed by atoms with E-state index in [1.165, 1.54) is 5.56 Å². The van der Waals surface area contributed by atoms with E-state index >= 15 is 0 Å². The maximum absolute atomic E-state index is 12.3. The molecule has 0 spiro atoms. The van der Waals surface area contributed by atoms with E-state index in [4.69, 9.17) is 5.73 Å². The van der Waals surface area contributed by atoms with Crippen molar-refractivity contribution in [2.45, 2.75) is 46.6 Å². The fourth-order valence-corrected chi connectivity index (χ4v) is 2.30. The molecule has 0 radical (unpaired) electrons. The predicted octanol–water partition coefficient (Wildman–Crippen LogP) is 3.19. The van der Waals surface area contributed by atoms with Crippen LogP contribution in [0.2, 0.25) is 0 Å². The quantitative estimate of drug-likeness (QED) is 0.792. The van der Waals surface area contributed by atoms with Gasteiger partial charge in [-0.3, -0.25) is 4.79 Å². The molecule has 3 heteroatoms. The second kappa shape index (κ2) is 8.05. The van der Waals surface area contributed by atoms with Crippen molar-refractivity contribution >= 4 is 5.91 Å². The Morgan fingerprint density at radius 3 is 2.40 bits per heavy atom.